The van der Waals surface area contributed by atoms with Crippen LogP contribution in [0.3, 0.4) is 0 Å². The molecule has 1 N–H and O–H groups in total. The zero-order valence-electron chi connectivity index (χ0n) is 18.4. The summed E-state index contributed by atoms with van der Waals surface area (Å²) in [5.41, 5.74) is 1.17. The molecular weight excluding hydrogens is 422 g/mol. The second kappa shape index (κ2) is 10.8. The molecule has 4 rings (SSSR count). The Morgan fingerprint density at radius 2 is 1.66 bits per heavy atom. The van der Waals surface area contributed by atoms with Gasteiger partial charge in [-0.15, -0.1) is 11.3 Å². The van der Waals surface area contributed by atoms with Gasteiger partial charge in [0.2, 0.25) is 11.8 Å². The summed E-state index contributed by atoms with van der Waals surface area (Å²) in [5, 5.41) is 4.90. The predicted molar refractivity (Wildman–Crippen MR) is 125 cm³/mol. The lowest BCUT2D eigenvalue weighted by Crippen LogP contribution is -2.54. The summed E-state index contributed by atoms with van der Waals surface area (Å²) in [6, 6.07) is 13.2. The molecule has 32 heavy (non-hydrogen) atoms. The summed E-state index contributed by atoms with van der Waals surface area (Å²) in [6.07, 6.45) is 4.74. The van der Waals surface area contributed by atoms with Gasteiger partial charge < -0.3 is 15.1 Å². The second-order valence-electron chi connectivity index (χ2n) is 8.66. The van der Waals surface area contributed by atoms with E-state index >= 15 is 0 Å². The Kier molecular flexibility index (Phi) is 7.58. The fourth-order valence-corrected chi connectivity index (χ4v) is 5.30. The molecule has 1 aromatic heterocycles. The van der Waals surface area contributed by atoms with Gasteiger partial charge in [-0.3, -0.25) is 14.4 Å². The molecule has 170 valence electrons. The van der Waals surface area contributed by atoms with E-state index in [0.29, 0.717) is 24.4 Å². The molecule has 3 heterocycles. The molecule has 0 bridgehead atoms. The van der Waals surface area contributed by atoms with Crippen LogP contribution in [0.1, 0.15) is 47.3 Å². The highest BCUT2D eigenvalue weighted by molar-refractivity contribution is 7.12. The van der Waals surface area contributed by atoms with Crippen molar-refractivity contribution in [3.05, 3.63) is 58.3 Å². The highest BCUT2D eigenvalue weighted by Crippen LogP contribution is 2.25. The van der Waals surface area contributed by atoms with Crippen LogP contribution in [0.2, 0.25) is 0 Å². The number of piperidine rings is 1. The van der Waals surface area contributed by atoms with E-state index in [0.717, 1.165) is 45.2 Å². The maximum Gasteiger partial charge on any atom is 0.262 e. The number of thiophene rings is 1. The van der Waals surface area contributed by atoms with Crippen LogP contribution in [0.15, 0.2) is 47.8 Å². The van der Waals surface area contributed by atoms with Crippen LogP contribution in [0.25, 0.3) is 0 Å². The zero-order valence-corrected chi connectivity index (χ0v) is 19.2. The third-order valence-electron chi connectivity index (χ3n) is 6.55. The van der Waals surface area contributed by atoms with E-state index in [1.54, 1.807) is 6.07 Å². The van der Waals surface area contributed by atoms with Crippen molar-refractivity contribution in [2.45, 2.75) is 44.6 Å². The van der Waals surface area contributed by atoms with Crippen LogP contribution in [0.4, 0.5) is 0 Å². The molecule has 2 fully saturated rings. The Hall–Kier alpha value is -2.67. The van der Waals surface area contributed by atoms with Crippen molar-refractivity contribution in [1.82, 2.24) is 15.1 Å². The molecule has 1 aromatic carbocycles. The topological polar surface area (TPSA) is 69.7 Å². The molecule has 2 saturated heterocycles. The number of amides is 3. The molecule has 1 atom stereocenters. The van der Waals surface area contributed by atoms with Crippen molar-refractivity contribution >= 4 is 29.1 Å². The first kappa shape index (κ1) is 22.5. The number of hydrogen-bond acceptors (Lipinski definition) is 4. The summed E-state index contributed by atoms with van der Waals surface area (Å²) in [6.45, 7) is 2.80. The van der Waals surface area contributed by atoms with Gasteiger partial charge in [0.1, 0.15) is 6.04 Å². The highest BCUT2D eigenvalue weighted by Gasteiger charge is 2.36. The SMILES string of the molecule is O=C(N[C@@H](C(=O)N1CCCC1)C1CCN(C(=O)CCc2ccccc2)CC1)c1cccs1. The smallest absolute Gasteiger partial charge is 0.262 e. The Morgan fingerprint density at radius 3 is 2.31 bits per heavy atom. The lowest BCUT2D eigenvalue weighted by molar-refractivity contribution is -0.135. The Labute approximate surface area is 193 Å². The molecule has 2 aliphatic heterocycles. The molecule has 2 aliphatic rings. The van der Waals surface area contributed by atoms with Crippen LogP contribution in [0, 0.1) is 5.92 Å². The van der Waals surface area contributed by atoms with Crippen molar-refractivity contribution in [2.75, 3.05) is 26.2 Å². The molecule has 0 unspecified atom stereocenters. The van der Waals surface area contributed by atoms with Gasteiger partial charge >= 0.3 is 0 Å². The predicted octanol–water partition coefficient (Wildman–Crippen LogP) is 3.34. The summed E-state index contributed by atoms with van der Waals surface area (Å²) in [5.74, 6) is 0.0581. The van der Waals surface area contributed by atoms with E-state index in [4.69, 9.17) is 0 Å². The minimum absolute atomic E-state index is 0.0289. The standard InChI is InChI=1S/C25H31N3O3S/c29-22(11-10-19-7-2-1-3-8-19)27-16-12-20(13-17-27)23(25(31)28-14-4-5-15-28)26-24(30)21-9-6-18-32-21/h1-3,6-9,18,20,23H,4-5,10-17H2,(H,26,30)/t23-/m1/s1. The lowest BCUT2D eigenvalue weighted by Gasteiger charge is -2.37. The first-order valence-corrected chi connectivity index (χ1v) is 12.4. The van der Waals surface area contributed by atoms with Crippen LogP contribution in [-0.2, 0) is 16.0 Å². The van der Waals surface area contributed by atoms with Gasteiger partial charge in [-0.2, -0.15) is 0 Å². The minimum Gasteiger partial charge on any atom is -0.343 e. The largest absolute Gasteiger partial charge is 0.343 e. The monoisotopic (exact) mass is 453 g/mol. The van der Waals surface area contributed by atoms with Crippen molar-refractivity contribution in [1.29, 1.82) is 0 Å². The van der Waals surface area contributed by atoms with Gasteiger partial charge in [0.25, 0.3) is 5.91 Å². The summed E-state index contributed by atoms with van der Waals surface area (Å²) in [4.78, 5) is 43.1. The van der Waals surface area contributed by atoms with E-state index in [1.165, 1.54) is 16.9 Å². The van der Waals surface area contributed by atoms with E-state index in [1.807, 2.05) is 51.6 Å². The number of rotatable bonds is 7. The van der Waals surface area contributed by atoms with E-state index in [9.17, 15) is 14.4 Å². The summed E-state index contributed by atoms with van der Waals surface area (Å²) in [7, 11) is 0. The number of nitrogens with zero attached hydrogens (tertiary/aromatic N) is 2. The van der Waals surface area contributed by atoms with E-state index in [-0.39, 0.29) is 23.6 Å². The van der Waals surface area contributed by atoms with Crippen LogP contribution in [-0.4, -0.2) is 59.7 Å². The summed E-state index contributed by atoms with van der Waals surface area (Å²) >= 11 is 1.38. The third-order valence-corrected chi connectivity index (χ3v) is 7.42. The maximum absolute atomic E-state index is 13.3. The van der Waals surface area contributed by atoms with Gasteiger partial charge in [-0.25, -0.2) is 0 Å². The van der Waals surface area contributed by atoms with Gasteiger partial charge in [0.15, 0.2) is 0 Å². The quantitative estimate of drug-likeness (QED) is 0.699. The number of benzene rings is 1. The number of hydrogen-bond donors (Lipinski definition) is 1. The molecule has 6 nitrogen and oxygen atoms in total. The lowest BCUT2D eigenvalue weighted by atomic mass is 9.88. The maximum atomic E-state index is 13.3. The van der Waals surface area contributed by atoms with Gasteiger partial charge in [-0.05, 0) is 55.0 Å². The van der Waals surface area contributed by atoms with Crippen molar-refractivity contribution < 1.29 is 14.4 Å². The molecule has 2 aromatic rings. The number of aryl methyl sites for hydroxylation is 1. The molecular formula is C25H31N3O3S. The fourth-order valence-electron chi connectivity index (χ4n) is 4.67. The van der Waals surface area contributed by atoms with Gasteiger partial charge in [0, 0.05) is 32.6 Å². The highest BCUT2D eigenvalue weighted by atomic mass is 32.1. The van der Waals surface area contributed by atoms with Crippen molar-refractivity contribution in [2.24, 2.45) is 5.92 Å². The van der Waals surface area contributed by atoms with E-state index < -0.39 is 6.04 Å². The molecule has 0 aliphatic carbocycles. The first-order valence-electron chi connectivity index (χ1n) is 11.6. The number of nitrogens with one attached hydrogen (secondary N) is 1. The van der Waals surface area contributed by atoms with Crippen LogP contribution >= 0.6 is 11.3 Å². The Balaban J connectivity index is 1.35. The van der Waals surface area contributed by atoms with Gasteiger partial charge in [-0.1, -0.05) is 36.4 Å². The Bertz CT molecular complexity index is 902. The average Bonchev–Trinajstić information content (AvgIpc) is 3.56. The molecule has 0 radical (unpaired) electrons. The fraction of sp³-hybridized carbons (Fsp3) is 0.480. The third kappa shape index (κ3) is 5.57. The first-order chi connectivity index (χ1) is 15.6. The molecule has 0 spiro atoms. The van der Waals surface area contributed by atoms with Gasteiger partial charge in [0.05, 0.1) is 4.88 Å². The van der Waals surface area contributed by atoms with Crippen LogP contribution in [0.5, 0.6) is 0 Å². The number of carbonyl (C=O) groups excluding carboxylic acids is 3. The second-order valence-corrected chi connectivity index (χ2v) is 9.61. The summed E-state index contributed by atoms with van der Waals surface area (Å²) < 4.78 is 0. The normalized spacial score (nSPS) is 17.9. The van der Waals surface area contributed by atoms with Crippen molar-refractivity contribution in [3.63, 3.8) is 0 Å². The molecule has 3 amide bonds. The van der Waals surface area contributed by atoms with E-state index in [2.05, 4.69) is 5.32 Å². The average molecular weight is 454 g/mol. The zero-order chi connectivity index (χ0) is 22.3. The molecule has 7 heteroatoms. The Morgan fingerprint density at radius 1 is 0.938 bits per heavy atom. The number of likely N-dealkylation sites (tertiary alicyclic amines) is 2. The minimum atomic E-state index is -0.524. The van der Waals surface area contributed by atoms with Crippen LogP contribution < -0.4 is 5.32 Å². The van der Waals surface area contributed by atoms with Crippen molar-refractivity contribution in [3.8, 4) is 0 Å². The molecule has 0 saturated carbocycles. The number of carbonyl (C=O) groups is 3.